The molecule has 0 radical (unpaired) electrons. The van der Waals surface area contributed by atoms with Crippen LogP contribution in [0.2, 0.25) is 0 Å². The fourth-order valence-electron chi connectivity index (χ4n) is 4.53. The first kappa shape index (κ1) is 25.5. The van der Waals surface area contributed by atoms with Gasteiger partial charge in [-0.1, -0.05) is 30.8 Å². The summed E-state index contributed by atoms with van der Waals surface area (Å²) in [7, 11) is 0. The highest BCUT2D eigenvalue weighted by Gasteiger charge is 2.32. The van der Waals surface area contributed by atoms with Crippen LogP contribution in [0.4, 0.5) is 17.6 Å². The summed E-state index contributed by atoms with van der Waals surface area (Å²) in [4.78, 5) is 6.33. The number of hydrogen-bond donors (Lipinski definition) is 2. The number of nitrogens with two attached hydrogens (primary N) is 2. The standard InChI is InChI=1S/C26H30F4N4/c1-3-33-25(32)24(20-6-10-22(27)11-7-20)17(2)34-14-12-19(13-15-34)23(16-31)18-4-8-21(9-5-18)26(28,29)30/h3-11,19,23H,2,12-16,31-32H2,1H3/b25-24+,33-3-. The largest absolute Gasteiger partial charge is 0.416 e. The van der Waals surface area contributed by atoms with Gasteiger partial charge in [-0.2, -0.15) is 13.2 Å². The summed E-state index contributed by atoms with van der Waals surface area (Å²) >= 11 is 0. The monoisotopic (exact) mass is 474 g/mol. The summed E-state index contributed by atoms with van der Waals surface area (Å²) in [6, 6.07) is 11.3. The summed E-state index contributed by atoms with van der Waals surface area (Å²) in [5.74, 6) is 0.156. The third-order valence-corrected chi connectivity index (χ3v) is 6.36. The molecule has 1 atom stereocenters. The molecule has 0 aliphatic carbocycles. The number of allylic oxidation sites excluding steroid dienone is 1. The molecule has 0 amide bonds. The summed E-state index contributed by atoms with van der Waals surface area (Å²) in [6.45, 7) is 7.75. The van der Waals surface area contributed by atoms with Crippen molar-refractivity contribution in [1.82, 2.24) is 4.90 Å². The van der Waals surface area contributed by atoms with Gasteiger partial charge in [0.1, 0.15) is 11.6 Å². The molecule has 1 unspecified atom stereocenters. The number of aliphatic imine (C=N–C) groups is 1. The van der Waals surface area contributed by atoms with Gasteiger partial charge in [-0.15, -0.1) is 0 Å². The van der Waals surface area contributed by atoms with Gasteiger partial charge in [0.25, 0.3) is 0 Å². The maximum absolute atomic E-state index is 13.5. The zero-order valence-electron chi connectivity index (χ0n) is 19.2. The summed E-state index contributed by atoms with van der Waals surface area (Å²) in [6.07, 6.45) is -1.17. The Labute approximate surface area is 197 Å². The predicted octanol–water partition coefficient (Wildman–Crippen LogP) is 5.53. The molecule has 182 valence electrons. The first-order valence-electron chi connectivity index (χ1n) is 11.2. The third-order valence-electron chi connectivity index (χ3n) is 6.36. The number of halogens is 4. The molecule has 4 nitrogen and oxygen atoms in total. The first-order valence-corrected chi connectivity index (χ1v) is 11.2. The van der Waals surface area contributed by atoms with Crippen LogP contribution in [0, 0.1) is 11.7 Å². The van der Waals surface area contributed by atoms with E-state index in [0.717, 1.165) is 36.1 Å². The molecule has 3 rings (SSSR count). The fraction of sp³-hybridized carbons (Fsp3) is 0.346. The highest BCUT2D eigenvalue weighted by molar-refractivity contribution is 5.80. The molecule has 1 fully saturated rings. The molecule has 8 heteroatoms. The lowest BCUT2D eigenvalue weighted by Gasteiger charge is -2.38. The van der Waals surface area contributed by atoms with E-state index < -0.39 is 11.7 Å². The average Bonchev–Trinajstić information content (AvgIpc) is 2.81. The molecule has 0 bridgehead atoms. The molecular formula is C26H30F4N4. The predicted molar refractivity (Wildman–Crippen MR) is 128 cm³/mol. The summed E-state index contributed by atoms with van der Waals surface area (Å²) in [5, 5.41) is 0. The van der Waals surface area contributed by atoms with Gasteiger partial charge in [0.15, 0.2) is 0 Å². The highest BCUT2D eigenvalue weighted by Crippen LogP contribution is 2.37. The van der Waals surface area contributed by atoms with Crippen LogP contribution in [0.3, 0.4) is 0 Å². The number of hydrogen-bond acceptors (Lipinski definition) is 4. The average molecular weight is 475 g/mol. The van der Waals surface area contributed by atoms with Crippen molar-refractivity contribution >= 4 is 11.8 Å². The zero-order chi connectivity index (χ0) is 24.9. The van der Waals surface area contributed by atoms with E-state index in [1.807, 2.05) is 0 Å². The summed E-state index contributed by atoms with van der Waals surface area (Å²) < 4.78 is 52.2. The van der Waals surface area contributed by atoms with E-state index in [4.69, 9.17) is 11.5 Å². The normalized spacial score (nSPS) is 17.1. The minimum absolute atomic E-state index is 0.0282. The van der Waals surface area contributed by atoms with Gasteiger partial charge >= 0.3 is 6.18 Å². The Balaban J connectivity index is 1.74. The molecule has 34 heavy (non-hydrogen) atoms. The molecule has 0 saturated carbocycles. The number of piperidine rings is 1. The Kier molecular flexibility index (Phi) is 8.15. The number of nitrogens with zero attached hydrogens (tertiary/aromatic N) is 2. The van der Waals surface area contributed by atoms with E-state index in [-0.39, 0.29) is 17.7 Å². The van der Waals surface area contributed by atoms with E-state index in [1.165, 1.54) is 24.3 Å². The lowest BCUT2D eigenvalue weighted by molar-refractivity contribution is -0.137. The number of likely N-dealkylation sites (tertiary alicyclic amines) is 1. The van der Waals surface area contributed by atoms with Crippen LogP contribution in [-0.2, 0) is 6.18 Å². The third kappa shape index (κ3) is 5.86. The quantitative estimate of drug-likeness (QED) is 0.315. The highest BCUT2D eigenvalue weighted by atomic mass is 19.4. The van der Waals surface area contributed by atoms with Crippen LogP contribution in [0.5, 0.6) is 0 Å². The Morgan fingerprint density at radius 2 is 1.71 bits per heavy atom. The Morgan fingerprint density at radius 3 is 2.21 bits per heavy atom. The molecule has 1 aliphatic rings. The topological polar surface area (TPSA) is 67.6 Å². The Morgan fingerprint density at radius 1 is 1.12 bits per heavy atom. The lowest BCUT2D eigenvalue weighted by Crippen LogP contribution is -2.37. The van der Waals surface area contributed by atoms with Crippen molar-refractivity contribution in [2.45, 2.75) is 31.9 Å². The number of alkyl halides is 3. The van der Waals surface area contributed by atoms with Gasteiger partial charge in [-0.25, -0.2) is 9.38 Å². The van der Waals surface area contributed by atoms with Gasteiger partial charge in [-0.05, 0) is 73.5 Å². The van der Waals surface area contributed by atoms with Gasteiger partial charge in [0, 0.05) is 30.6 Å². The van der Waals surface area contributed by atoms with Crippen LogP contribution in [0.25, 0.3) is 5.57 Å². The second kappa shape index (κ2) is 10.9. The van der Waals surface area contributed by atoms with Crippen molar-refractivity contribution in [3.8, 4) is 0 Å². The van der Waals surface area contributed by atoms with E-state index in [2.05, 4.69) is 16.5 Å². The SMILES string of the molecule is C=C(/C(=C(N)\N=C/C)c1ccc(F)cc1)N1CCC(C(CN)c2ccc(C(F)(F)F)cc2)CC1. The van der Waals surface area contributed by atoms with E-state index in [1.54, 1.807) is 25.3 Å². The molecule has 0 spiro atoms. The van der Waals surface area contributed by atoms with Crippen molar-refractivity contribution in [3.63, 3.8) is 0 Å². The van der Waals surface area contributed by atoms with Crippen LogP contribution >= 0.6 is 0 Å². The van der Waals surface area contributed by atoms with Crippen molar-refractivity contribution in [3.05, 3.63) is 89.1 Å². The van der Waals surface area contributed by atoms with Crippen LogP contribution < -0.4 is 11.5 Å². The second-order valence-corrected chi connectivity index (χ2v) is 8.39. The molecular weight excluding hydrogens is 444 g/mol. The van der Waals surface area contributed by atoms with Crippen molar-refractivity contribution in [2.24, 2.45) is 22.4 Å². The lowest BCUT2D eigenvalue weighted by atomic mass is 9.79. The first-order chi connectivity index (χ1) is 16.2. The minimum Gasteiger partial charge on any atom is -0.383 e. The van der Waals surface area contributed by atoms with E-state index in [0.29, 0.717) is 36.7 Å². The van der Waals surface area contributed by atoms with Crippen molar-refractivity contribution in [1.29, 1.82) is 0 Å². The fourth-order valence-corrected chi connectivity index (χ4v) is 4.53. The smallest absolute Gasteiger partial charge is 0.383 e. The molecule has 2 aromatic rings. The zero-order valence-corrected chi connectivity index (χ0v) is 19.2. The van der Waals surface area contributed by atoms with E-state index >= 15 is 0 Å². The summed E-state index contributed by atoms with van der Waals surface area (Å²) in [5.41, 5.74) is 14.5. The second-order valence-electron chi connectivity index (χ2n) is 8.39. The van der Waals surface area contributed by atoms with E-state index in [9.17, 15) is 17.6 Å². The van der Waals surface area contributed by atoms with Crippen molar-refractivity contribution < 1.29 is 17.6 Å². The van der Waals surface area contributed by atoms with Crippen molar-refractivity contribution in [2.75, 3.05) is 19.6 Å². The Bertz CT molecular complexity index is 1030. The number of benzene rings is 2. The number of rotatable bonds is 7. The van der Waals surface area contributed by atoms with Crippen LogP contribution in [-0.4, -0.2) is 30.7 Å². The Hall–Kier alpha value is -3.13. The molecule has 4 N–H and O–H groups in total. The molecule has 1 heterocycles. The minimum atomic E-state index is -4.36. The van der Waals surface area contributed by atoms with Crippen LogP contribution in [0.15, 0.2) is 71.6 Å². The van der Waals surface area contributed by atoms with Crippen LogP contribution in [0.1, 0.15) is 42.4 Å². The van der Waals surface area contributed by atoms with Gasteiger partial charge < -0.3 is 16.4 Å². The molecule has 1 aliphatic heterocycles. The maximum Gasteiger partial charge on any atom is 0.416 e. The van der Waals surface area contributed by atoms with Gasteiger partial charge in [0.05, 0.1) is 5.56 Å². The molecule has 2 aromatic carbocycles. The molecule has 0 aromatic heterocycles. The van der Waals surface area contributed by atoms with Gasteiger partial charge in [0.2, 0.25) is 0 Å². The van der Waals surface area contributed by atoms with Gasteiger partial charge in [-0.3, -0.25) is 0 Å². The molecule has 1 saturated heterocycles. The maximum atomic E-state index is 13.5.